The number of hydrogen-bond acceptors (Lipinski definition) is 3. The molecule has 0 saturated heterocycles. The van der Waals surface area contributed by atoms with Crippen molar-refractivity contribution < 1.29 is 19.4 Å². The molecule has 2 N–H and O–H groups in total. The Kier molecular flexibility index (Phi) is 5.14. The van der Waals surface area contributed by atoms with Crippen molar-refractivity contribution in [1.82, 2.24) is 0 Å². The van der Waals surface area contributed by atoms with Crippen LogP contribution in [0.25, 0.3) is 0 Å². The number of para-hydroxylation sites is 2. The van der Waals surface area contributed by atoms with E-state index in [0.717, 1.165) is 5.56 Å². The molecule has 2 rings (SSSR count). The van der Waals surface area contributed by atoms with E-state index < -0.39 is 5.97 Å². The van der Waals surface area contributed by atoms with E-state index in [0.29, 0.717) is 17.2 Å². The predicted molar refractivity (Wildman–Crippen MR) is 83.2 cm³/mol. The van der Waals surface area contributed by atoms with Gasteiger partial charge in [0.05, 0.1) is 12.1 Å². The van der Waals surface area contributed by atoms with Crippen molar-refractivity contribution in [3.05, 3.63) is 54.1 Å². The van der Waals surface area contributed by atoms with Gasteiger partial charge in [0.15, 0.2) is 5.75 Å². The number of hydrogen-bond donors (Lipinski definition) is 2. The highest BCUT2D eigenvalue weighted by atomic mass is 16.5. The van der Waals surface area contributed by atoms with Crippen molar-refractivity contribution in [3.8, 4) is 11.5 Å². The molecule has 0 atom stereocenters. The van der Waals surface area contributed by atoms with Gasteiger partial charge in [-0.15, -0.1) is 0 Å². The fourth-order valence-corrected chi connectivity index (χ4v) is 1.83. The molecule has 1 amide bonds. The molecule has 0 saturated carbocycles. The van der Waals surface area contributed by atoms with Crippen molar-refractivity contribution in [2.24, 2.45) is 0 Å². The summed E-state index contributed by atoms with van der Waals surface area (Å²) in [4.78, 5) is 22.2. The first kappa shape index (κ1) is 15.6. The molecular formula is C17H17NO4. The number of carboxylic acid groups (broad SMARTS) is 1. The molecule has 0 bridgehead atoms. The van der Waals surface area contributed by atoms with Crippen LogP contribution < -0.4 is 10.1 Å². The molecule has 114 valence electrons. The van der Waals surface area contributed by atoms with Gasteiger partial charge in [0, 0.05) is 6.42 Å². The van der Waals surface area contributed by atoms with Crippen LogP contribution in [0.2, 0.25) is 0 Å². The van der Waals surface area contributed by atoms with Gasteiger partial charge in [0.2, 0.25) is 5.91 Å². The zero-order valence-electron chi connectivity index (χ0n) is 12.2. The van der Waals surface area contributed by atoms with Crippen molar-refractivity contribution in [1.29, 1.82) is 0 Å². The third-order valence-electron chi connectivity index (χ3n) is 2.98. The number of carbonyl (C=O) groups excluding carboxylic acids is 1. The van der Waals surface area contributed by atoms with Crippen LogP contribution in [0, 0.1) is 6.92 Å². The standard InChI is InChI=1S/C17H17NO4/c1-12-6-8-13(9-7-12)22-15-5-3-2-4-14(15)18-16(19)10-11-17(20)21/h2-9H,10-11H2,1H3,(H,18,19)(H,20,21). The summed E-state index contributed by atoms with van der Waals surface area (Å²) in [5, 5.41) is 11.3. The molecule has 0 heterocycles. The smallest absolute Gasteiger partial charge is 0.303 e. The van der Waals surface area contributed by atoms with Gasteiger partial charge in [0.25, 0.3) is 0 Å². The second-order valence-electron chi connectivity index (χ2n) is 4.85. The Morgan fingerprint density at radius 3 is 2.41 bits per heavy atom. The van der Waals surface area contributed by atoms with Gasteiger partial charge in [-0.25, -0.2) is 0 Å². The first-order valence-electron chi connectivity index (χ1n) is 6.90. The normalized spacial score (nSPS) is 10.0. The zero-order valence-corrected chi connectivity index (χ0v) is 12.2. The van der Waals surface area contributed by atoms with E-state index in [9.17, 15) is 9.59 Å². The number of aryl methyl sites for hydroxylation is 1. The molecule has 0 aliphatic heterocycles. The Labute approximate surface area is 128 Å². The first-order chi connectivity index (χ1) is 10.5. The van der Waals surface area contributed by atoms with E-state index in [-0.39, 0.29) is 18.7 Å². The van der Waals surface area contributed by atoms with Crippen LogP contribution in [0.15, 0.2) is 48.5 Å². The number of benzene rings is 2. The maximum atomic E-state index is 11.7. The van der Waals surface area contributed by atoms with Crippen LogP contribution >= 0.6 is 0 Å². The molecule has 0 radical (unpaired) electrons. The fourth-order valence-electron chi connectivity index (χ4n) is 1.83. The summed E-state index contributed by atoms with van der Waals surface area (Å²) in [7, 11) is 0. The SMILES string of the molecule is Cc1ccc(Oc2ccccc2NC(=O)CCC(=O)O)cc1. The van der Waals surface area contributed by atoms with Gasteiger partial charge in [-0.1, -0.05) is 29.8 Å². The Morgan fingerprint density at radius 2 is 1.73 bits per heavy atom. The summed E-state index contributed by atoms with van der Waals surface area (Å²) in [6.45, 7) is 1.99. The van der Waals surface area contributed by atoms with Gasteiger partial charge < -0.3 is 15.2 Å². The highest BCUT2D eigenvalue weighted by Gasteiger charge is 2.10. The average molecular weight is 299 g/mol. The van der Waals surface area contributed by atoms with Crippen molar-refractivity contribution in [3.63, 3.8) is 0 Å². The lowest BCUT2D eigenvalue weighted by atomic mass is 10.2. The maximum absolute atomic E-state index is 11.7. The lowest BCUT2D eigenvalue weighted by Crippen LogP contribution is -2.13. The van der Waals surface area contributed by atoms with E-state index in [1.54, 1.807) is 24.3 Å². The van der Waals surface area contributed by atoms with E-state index >= 15 is 0 Å². The van der Waals surface area contributed by atoms with Crippen LogP contribution in [0.5, 0.6) is 11.5 Å². The lowest BCUT2D eigenvalue weighted by Gasteiger charge is -2.12. The molecule has 0 aromatic heterocycles. The monoisotopic (exact) mass is 299 g/mol. The summed E-state index contributed by atoms with van der Waals surface area (Å²) < 4.78 is 5.76. The third-order valence-corrected chi connectivity index (χ3v) is 2.98. The molecule has 0 aliphatic rings. The largest absolute Gasteiger partial charge is 0.481 e. The number of carbonyl (C=O) groups is 2. The van der Waals surface area contributed by atoms with Gasteiger partial charge in [-0.3, -0.25) is 9.59 Å². The number of rotatable bonds is 6. The van der Waals surface area contributed by atoms with E-state index in [1.165, 1.54) is 0 Å². The van der Waals surface area contributed by atoms with Gasteiger partial charge in [-0.2, -0.15) is 0 Å². The third kappa shape index (κ3) is 4.63. The van der Waals surface area contributed by atoms with Gasteiger partial charge in [0.1, 0.15) is 5.75 Å². The van der Waals surface area contributed by atoms with Gasteiger partial charge in [-0.05, 0) is 31.2 Å². The van der Waals surface area contributed by atoms with Crippen molar-refractivity contribution in [2.75, 3.05) is 5.32 Å². The van der Waals surface area contributed by atoms with Crippen LogP contribution in [0.4, 0.5) is 5.69 Å². The minimum absolute atomic E-state index is 0.0752. The lowest BCUT2D eigenvalue weighted by molar-refractivity contribution is -0.138. The van der Waals surface area contributed by atoms with Gasteiger partial charge >= 0.3 is 5.97 Å². The topological polar surface area (TPSA) is 75.6 Å². The average Bonchev–Trinajstić information content (AvgIpc) is 2.49. The Morgan fingerprint density at radius 1 is 1.05 bits per heavy atom. The number of amides is 1. The second kappa shape index (κ2) is 7.26. The minimum atomic E-state index is -1.00. The number of nitrogens with one attached hydrogen (secondary N) is 1. The summed E-state index contributed by atoms with van der Waals surface area (Å²) >= 11 is 0. The minimum Gasteiger partial charge on any atom is -0.481 e. The van der Waals surface area contributed by atoms with E-state index in [2.05, 4.69) is 5.32 Å². The fraction of sp³-hybridized carbons (Fsp3) is 0.176. The molecule has 0 fully saturated rings. The number of carboxylic acids is 1. The van der Waals surface area contributed by atoms with Crippen LogP contribution in [0.3, 0.4) is 0 Å². The van der Waals surface area contributed by atoms with Crippen LogP contribution in [-0.4, -0.2) is 17.0 Å². The molecule has 22 heavy (non-hydrogen) atoms. The summed E-state index contributed by atoms with van der Waals surface area (Å²) in [6.07, 6.45) is -0.277. The maximum Gasteiger partial charge on any atom is 0.303 e. The van der Waals surface area contributed by atoms with Crippen molar-refractivity contribution in [2.45, 2.75) is 19.8 Å². The molecule has 0 unspecified atom stereocenters. The van der Waals surface area contributed by atoms with Crippen molar-refractivity contribution >= 4 is 17.6 Å². The Bertz CT molecular complexity index is 665. The molecule has 5 nitrogen and oxygen atoms in total. The Balaban J connectivity index is 2.07. The molecular weight excluding hydrogens is 282 g/mol. The quantitative estimate of drug-likeness (QED) is 0.854. The molecule has 0 spiro atoms. The molecule has 2 aromatic carbocycles. The molecule has 0 aliphatic carbocycles. The zero-order chi connectivity index (χ0) is 15.9. The number of ether oxygens (including phenoxy) is 1. The highest BCUT2D eigenvalue weighted by Crippen LogP contribution is 2.29. The second-order valence-corrected chi connectivity index (χ2v) is 4.85. The summed E-state index contributed by atoms with van der Waals surface area (Å²) in [6, 6.07) is 14.6. The van der Waals surface area contributed by atoms with Crippen LogP contribution in [0.1, 0.15) is 18.4 Å². The summed E-state index contributed by atoms with van der Waals surface area (Å²) in [5.41, 5.74) is 1.64. The first-order valence-corrected chi connectivity index (χ1v) is 6.90. The summed E-state index contributed by atoms with van der Waals surface area (Å²) in [5.74, 6) is -0.186. The number of aliphatic carboxylic acids is 1. The van der Waals surface area contributed by atoms with E-state index in [4.69, 9.17) is 9.84 Å². The Hall–Kier alpha value is -2.82. The predicted octanol–water partition coefficient (Wildman–Crippen LogP) is 3.59. The van der Waals surface area contributed by atoms with Crippen LogP contribution in [-0.2, 0) is 9.59 Å². The highest BCUT2D eigenvalue weighted by molar-refractivity contribution is 5.93. The number of anilines is 1. The molecule has 2 aromatic rings. The molecule has 5 heteroatoms. The van der Waals surface area contributed by atoms with E-state index in [1.807, 2.05) is 31.2 Å².